The first-order chi connectivity index (χ1) is 13.0. The number of hydrogen-bond donors (Lipinski definition) is 0. The summed E-state index contributed by atoms with van der Waals surface area (Å²) in [5.41, 5.74) is -0.174. The van der Waals surface area contributed by atoms with Crippen LogP contribution in [0.5, 0.6) is 11.5 Å². The Morgan fingerprint density at radius 2 is 1.03 bits per heavy atom. The number of nitrogens with zero attached hydrogens (tertiary/aromatic N) is 2. The van der Waals surface area contributed by atoms with E-state index in [1.54, 1.807) is 0 Å². The first-order valence-corrected chi connectivity index (χ1v) is 10.3. The second-order valence-corrected chi connectivity index (χ2v) is 8.14. The van der Waals surface area contributed by atoms with E-state index < -0.39 is 41.5 Å². The van der Waals surface area contributed by atoms with Crippen LogP contribution in [0.3, 0.4) is 0 Å². The van der Waals surface area contributed by atoms with Crippen LogP contribution in [0.2, 0.25) is 0 Å². The van der Waals surface area contributed by atoms with Gasteiger partial charge in [-0.25, -0.2) is 16.8 Å². The molecule has 31 heavy (non-hydrogen) atoms. The summed E-state index contributed by atoms with van der Waals surface area (Å²) in [6.45, 7) is 0.107. The van der Waals surface area contributed by atoms with Crippen LogP contribution in [0.1, 0.15) is 11.1 Å². The molecule has 0 saturated heterocycles. The van der Waals surface area contributed by atoms with Gasteiger partial charge in [-0.15, -0.1) is 0 Å². The van der Waals surface area contributed by atoms with Gasteiger partial charge in [0.1, 0.15) is 20.2 Å². The second-order valence-electron chi connectivity index (χ2n) is 5.38. The van der Waals surface area contributed by atoms with Gasteiger partial charge in [-0.2, -0.15) is 0 Å². The molecule has 0 N–H and O–H groups in total. The zero-order valence-electron chi connectivity index (χ0n) is 16.3. The summed E-state index contributed by atoms with van der Waals surface area (Å²) in [6.07, 6.45) is 2.19. The van der Waals surface area contributed by atoms with Crippen LogP contribution >= 0.6 is 0 Å². The average Bonchev–Trinajstić information content (AvgIpc) is 2.58. The van der Waals surface area contributed by atoms with E-state index in [2.05, 4.69) is 9.98 Å². The van der Waals surface area contributed by atoms with Crippen molar-refractivity contribution in [1.82, 2.24) is 0 Å². The molecule has 0 saturated carbocycles. The van der Waals surface area contributed by atoms with Crippen LogP contribution in [0.15, 0.2) is 56.2 Å². The normalized spacial score (nSPS) is 11.5. The van der Waals surface area contributed by atoms with Gasteiger partial charge in [-0.1, -0.05) is 23.6 Å². The van der Waals surface area contributed by atoms with Crippen LogP contribution < -0.4 is 69.3 Å². The fourth-order valence-electron chi connectivity index (χ4n) is 2.01. The molecule has 2 aromatic carbocycles. The molecule has 0 heterocycles. The van der Waals surface area contributed by atoms with E-state index in [4.69, 9.17) is 0 Å². The molecule has 2 rings (SSSR count). The molecule has 0 fully saturated rings. The maximum absolute atomic E-state index is 11.6. The predicted molar refractivity (Wildman–Crippen MR) is 92.6 cm³/mol. The SMILES string of the molecule is O=S(=O)([O-])c1ccc([O-])c(C=NCCN=Cc2cc(S(=O)(=O)[O-])ccc2[O-])c1.[Cu+2].[Na+].[Na+]. The third-order valence-electron chi connectivity index (χ3n) is 3.36. The Balaban J connectivity index is 0. The maximum Gasteiger partial charge on any atom is 2.00 e. The molecular weight excluding hydrogens is 522 g/mol. The third-order valence-corrected chi connectivity index (χ3v) is 5.02. The molecule has 0 spiro atoms. The van der Waals surface area contributed by atoms with E-state index in [1.165, 1.54) is 0 Å². The third kappa shape index (κ3) is 10.5. The summed E-state index contributed by atoms with van der Waals surface area (Å²) >= 11 is 0. The van der Waals surface area contributed by atoms with Crippen molar-refractivity contribution in [1.29, 1.82) is 0 Å². The van der Waals surface area contributed by atoms with E-state index >= 15 is 0 Å². The zero-order chi connectivity index (χ0) is 20.9. The topological polar surface area (TPSA) is 185 Å². The quantitative estimate of drug-likeness (QED) is 0.145. The van der Waals surface area contributed by atoms with Crippen LogP contribution in [0.25, 0.3) is 0 Å². The first-order valence-electron chi connectivity index (χ1n) is 7.52. The fourth-order valence-corrected chi connectivity index (χ4v) is 3.02. The summed E-state index contributed by atoms with van der Waals surface area (Å²) in [4.78, 5) is 6.65. The first kappa shape index (κ1) is 32.9. The van der Waals surface area contributed by atoms with E-state index in [-0.39, 0.29) is 100 Å². The van der Waals surface area contributed by atoms with E-state index in [9.17, 15) is 36.2 Å². The van der Waals surface area contributed by atoms with Gasteiger partial charge in [0.25, 0.3) is 0 Å². The van der Waals surface area contributed by atoms with Crippen molar-refractivity contribution in [2.75, 3.05) is 13.1 Å². The maximum atomic E-state index is 11.6. The minimum atomic E-state index is -4.70. The summed E-state index contributed by atoms with van der Waals surface area (Å²) in [7, 11) is -9.40. The van der Waals surface area contributed by atoms with Crippen LogP contribution in [-0.4, -0.2) is 51.5 Å². The Morgan fingerprint density at radius 1 is 0.710 bits per heavy atom. The van der Waals surface area contributed by atoms with Crippen LogP contribution in [-0.2, 0) is 37.3 Å². The molecule has 159 valence electrons. The standard InChI is InChI=1S/C16H16N2O8S2.Cu.2Na/c19-15-3-1-13(27(21,22)23)7-11(15)9-17-5-6-18-10-12-8-14(28(24,25)26)2-4-16(12)20;;;/h1-4,7-10,19-20H,5-6H2,(H,21,22,23)(H,24,25,26);;;/q;+2;2*+1/p-4. The Bertz CT molecular complexity index is 1060. The van der Waals surface area contributed by atoms with E-state index in [1.807, 2.05) is 0 Å². The Kier molecular flexibility index (Phi) is 14.9. The van der Waals surface area contributed by atoms with Crippen molar-refractivity contribution in [3.05, 3.63) is 47.5 Å². The zero-order valence-corrected chi connectivity index (χ0v) is 22.9. The summed E-state index contributed by atoms with van der Waals surface area (Å²) in [5.74, 6) is -1.04. The predicted octanol–water partition coefficient (Wildman–Crippen LogP) is -6.81. The molecular formula is C16H12CuN2Na2O8S2. The van der Waals surface area contributed by atoms with Crippen molar-refractivity contribution >= 4 is 32.7 Å². The van der Waals surface area contributed by atoms with Gasteiger partial charge in [-0.3, -0.25) is 9.98 Å². The molecule has 0 aliphatic heterocycles. The van der Waals surface area contributed by atoms with Gasteiger partial charge < -0.3 is 19.3 Å². The van der Waals surface area contributed by atoms with Crippen LogP contribution in [0, 0.1) is 0 Å². The molecule has 0 atom stereocenters. The number of rotatable bonds is 7. The van der Waals surface area contributed by atoms with Gasteiger partial charge in [0.05, 0.1) is 22.9 Å². The van der Waals surface area contributed by atoms with Crippen molar-refractivity contribution in [3.8, 4) is 11.5 Å². The minimum absolute atomic E-state index is 0. The molecule has 0 aliphatic rings. The number of aliphatic imine (C=N–C) groups is 2. The number of hydrogen-bond acceptors (Lipinski definition) is 10. The summed E-state index contributed by atoms with van der Waals surface area (Å²) < 4.78 is 65.7. The molecule has 0 amide bonds. The van der Waals surface area contributed by atoms with Crippen molar-refractivity contribution in [2.24, 2.45) is 9.98 Å². The van der Waals surface area contributed by atoms with Gasteiger partial charge in [0.2, 0.25) is 0 Å². The number of benzene rings is 2. The van der Waals surface area contributed by atoms with Gasteiger partial charge >= 0.3 is 76.2 Å². The molecule has 0 aromatic heterocycles. The molecule has 10 nitrogen and oxygen atoms in total. The summed E-state index contributed by atoms with van der Waals surface area (Å²) in [6, 6.07) is 5.52. The van der Waals surface area contributed by atoms with Gasteiger partial charge in [0.15, 0.2) is 0 Å². The van der Waals surface area contributed by atoms with Crippen LogP contribution in [0.4, 0.5) is 0 Å². The van der Waals surface area contributed by atoms with E-state index in [0.717, 1.165) is 48.8 Å². The van der Waals surface area contributed by atoms with Gasteiger partial charge in [-0.05, 0) is 35.4 Å². The Labute approximate surface area is 234 Å². The largest absolute Gasteiger partial charge is 2.00 e. The van der Waals surface area contributed by atoms with Gasteiger partial charge in [0, 0.05) is 12.4 Å². The second kappa shape index (κ2) is 14.1. The molecule has 1 radical (unpaired) electrons. The van der Waals surface area contributed by atoms with Crippen molar-refractivity contribution in [2.45, 2.75) is 9.79 Å². The molecule has 2 aromatic rings. The monoisotopic (exact) mass is 533 g/mol. The smallest absolute Gasteiger partial charge is 0.872 e. The van der Waals surface area contributed by atoms with Crippen molar-refractivity contribution < 1.29 is 112 Å². The minimum Gasteiger partial charge on any atom is -0.872 e. The summed E-state index contributed by atoms with van der Waals surface area (Å²) in [5, 5.41) is 23.3. The van der Waals surface area contributed by atoms with E-state index in [0.29, 0.717) is 0 Å². The molecule has 15 heteroatoms. The molecule has 0 unspecified atom stereocenters. The fraction of sp³-hybridized carbons (Fsp3) is 0.125. The van der Waals surface area contributed by atoms with Crippen molar-refractivity contribution in [3.63, 3.8) is 0 Å². The molecule has 0 bridgehead atoms. The molecule has 0 aliphatic carbocycles. The Hall–Kier alpha value is -0.281. The average molecular weight is 534 g/mol. The Morgan fingerprint density at radius 3 is 1.32 bits per heavy atom.